The quantitative estimate of drug-likeness (QED) is 0.499. The van der Waals surface area contributed by atoms with Crippen molar-refractivity contribution in [1.82, 2.24) is 19.5 Å². The maximum absolute atomic E-state index is 12.9. The summed E-state index contributed by atoms with van der Waals surface area (Å²) in [5.74, 6) is 1.51. The fraction of sp³-hybridized carbons (Fsp3) is 0.481. The van der Waals surface area contributed by atoms with Crippen LogP contribution in [0.3, 0.4) is 0 Å². The normalized spacial score (nSPS) is 12.5. The lowest BCUT2D eigenvalue weighted by atomic mass is 10.1. The molecule has 0 bridgehead atoms. The molecule has 0 atom stereocenters. The number of aryl methyl sites for hydroxylation is 2. The van der Waals surface area contributed by atoms with Crippen molar-refractivity contribution in [2.75, 3.05) is 0 Å². The summed E-state index contributed by atoms with van der Waals surface area (Å²) in [4.78, 5) is 26.9. The first-order valence-corrected chi connectivity index (χ1v) is 12.0. The summed E-state index contributed by atoms with van der Waals surface area (Å²) in [6, 6.07) is 3.55. The van der Waals surface area contributed by atoms with Crippen LogP contribution in [-0.4, -0.2) is 24.6 Å². The fourth-order valence-electron chi connectivity index (χ4n) is 3.57. The summed E-state index contributed by atoms with van der Waals surface area (Å²) in [5.41, 5.74) is 5.14. The van der Waals surface area contributed by atoms with Crippen LogP contribution in [0, 0.1) is 20.8 Å². The van der Waals surface area contributed by atoms with Crippen LogP contribution in [0.2, 0.25) is 0 Å². The van der Waals surface area contributed by atoms with Crippen molar-refractivity contribution in [1.29, 1.82) is 0 Å². The van der Waals surface area contributed by atoms with Crippen LogP contribution in [0.1, 0.15) is 94.4 Å². The van der Waals surface area contributed by atoms with Gasteiger partial charge in [-0.2, -0.15) is 0 Å². The molecule has 3 heterocycles. The highest BCUT2D eigenvalue weighted by atomic mass is 16.3. The predicted octanol–water partition coefficient (Wildman–Crippen LogP) is 6.37. The van der Waals surface area contributed by atoms with E-state index >= 15 is 0 Å². The first-order valence-electron chi connectivity index (χ1n) is 12.0. The van der Waals surface area contributed by atoms with Crippen LogP contribution in [0.15, 0.2) is 29.3 Å². The van der Waals surface area contributed by atoms with Crippen LogP contribution in [-0.2, 0) is 0 Å². The minimum absolute atomic E-state index is 0.0177. The molecule has 4 rings (SSSR count). The zero-order valence-corrected chi connectivity index (χ0v) is 21.5. The molecular weight excluding hydrogens is 412 g/mol. The standard InChI is InChI=1S/C23H26N4O2.2C2H6/c1-12(2)22-25-11-17(16-6-7-16)21(26-22)18-9-19(13(3)10-24-18)27-14(4)8-20(28)15(5)23(27)29;2*1-2/h8-12,16,28H,6-7H2,1-5H3;2*1-2H3. The Morgan fingerprint density at radius 1 is 1.00 bits per heavy atom. The Morgan fingerprint density at radius 2 is 1.64 bits per heavy atom. The largest absolute Gasteiger partial charge is 0.507 e. The number of rotatable bonds is 4. The van der Waals surface area contributed by atoms with Gasteiger partial charge in [-0.25, -0.2) is 9.97 Å². The number of nitrogens with zero attached hydrogens (tertiary/aromatic N) is 4. The molecule has 6 nitrogen and oxygen atoms in total. The van der Waals surface area contributed by atoms with Gasteiger partial charge in [0.05, 0.1) is 22.6 Å². The maximum Gasteiger partial charge on any atom is 0.261 e. The highest BCUT2D eigenvalue weighted by Gasteiger charge is 2.29. The van der Waals surface area contributed by atoms with Crippen molar-refractivity contribution >= 4 is 0 Å². The van der Waals surface area contributed by atoms with E-state index in [0.29, 0.717) is 17.2 Å². The van der Waals surface area contributed by atoms with Crippen LogP contribution >= 0.6 is 0 Å². The Labute approximate surface area is 197 Å². The van der Waals surface area contributed by atoms with E-state index in [-0.39, 0.29) is 17.2 Å². The third kappa shape index (κ3) is 5.49. The first-order chi connectivity index (χ1) is 15.8. The minimum atomic E-state index is -0.226. The number of pyridine rings is 2. The second kappa shape index (κ2) is 11.2. The molecule has 6 heteroatoms. The van der Waals surface area contributed by atoms with E-state index in [2.05, 4.69) is 23.8 Å². The summed E-state index contributed by atoms with van der Waals surface area (Å²) >= 11 is 0. The van der Waals surface area contributed by atoms with Gasteiger partial charge < -0.3 is 5.11 Å². The Balaban J connectivity index is 0.000000914. The van der Waals surface area contributed by atoms with Gasteiger partial charge in [0, 0.05) is 35.6 Å². The molecule has 0 spiro atoms. The average molecular weight is 451 g/mol. The molecule has 33 heavy (non-hydrogen) atoms. The highest BCUT2D eigenvalue weighted by molar-refractivity contribution is 5.64. The molecule has 0 amide bonds. The van der Waals surface area contributed by atoms with Gasteiger partial charge in [0.2, 0.25) is 0 Å². The molecule has 3 aromatic heterocycles. The van der Waals surface area contributed by atoms with E-state index in [1.54, 1.807) is 23.8 Å². The molecule has 0 saturated heterocycles. The first kappa shape index (κ1) is 26.2. The van der Waals surface area contributed by atoms with E-state index in [1.807, 2.05) is 53.8 Å². The van der Waals surface area contributed by atoms with Gasteiger partial charge in [0.15, 0.2) is 0 Å². The topological polar surface area (TPSA) is 80.9 Å². The molecule has 1 fully saturated rings. The van der Waals surface area contributed by atoms with Crippen molar-refractivity contribution < 1.29 is 5.11 Å². The van der Waals surface area contributed by atoms with Gasteiger partial charge in [0.1, 0.15) is 11.6 Å². The summed E-state index contributed by atoms with van der Waals surface area (Å²) in [6.45, 7) is 17.5. The molecule has 3 aromatic rings. The van der Waals surface area contributed by atoms with E-state index in [0.717, 1.165) is 46.9 Å². The van der Waals surface area contributed by atoms with Crippen molar-refractivity contribution in [2.24, 2.45) is 0 Å². The smallest absolute Gasteiger partial charge is 0.261 e. The van der Waals surface area contributed by atoms with Gasteiger partial charge in [-0.15, -0.1) is 0 Å². The molecule has 0 aliphatic heterocycles. The number of aromatic nitrogens is 4. The Bertz CT molecular complexity index is 1160. The summed E-state index contributed by atoms with van der Waals surface area (Å²) < 4.78 is 1.64. The van der Waals surface area contributed by atoms with E-state index in [4.69, 9.17) is 4.98 Å². The maximum atomic E-state index is 12.9. The fourth-order valence-corrected chi connectivity index (χ4v) is 3.57. The van der Waals surface area contributed by atoms with Crippen molar-refractivity contribution in [3.05, 3.63) is 63.1 Å². The molecule has 1 saturated carbocycles. The number of hydrogen-bond donors (Lipinski definition) is 1. The Kier molecular flexibility index (Phi) is 8.91. The summed E-state index contributed by atoms with van der Waals surface area (Å²) in [5, 5.41) is 10.00. The van der Waals surface area contributed by atoms with Gasteiger partial charge >= 0.3 is 0 Å². The molecule has 0 unspecified atom stereocenters. The third-order valence-corrected chi connectivity index (χ3v) is 5.53. The van der Waals surface area contributed by atoms with Gasteiger partial charge in [-0.1, -0.05) is 41.5 Å². The van der Waals surface area contributed by atoms with E-state index < -0.39 is 0 Å². The van der Waals surface area contributed by atoms with Crippen LogP contribution in [0.4, 0.5) is 0 Å². The second-order valence-corrected chi connectivity index (χ2v) is 8.25. The lowest BCUT2D eigenvalue weighted by molar-refractivity contribution is 0.467. The van der Waals surface area contributed by atoms with Gasteiger partial charge in [0.25, 0.3) is 5.56 Å². The SMILES string of the molecule is CC.CC.Cc1cnc(-c2nc(C(C)C)ncc2C2CC2)cc1-n1c(C)cc(O)c(C)c1=O. The monoisotopic (exact) mass is 450 g/mol. The van der Waals surface area contributed by atoms with Crippen molar-refractivity contribution in [3.8, 4) is 22.8 Å². The molecule has 1 aliphatic carbocycles. The number of hydrogen-bond acceptors (Lipinski definition) is 5. The lowest BCUT2D eigenvalue weighted by Crippen LogP contribution is -2.23. The van der Waals surface area contributed by atoms with Crippen LogP contribution < -0.4 is 5.56 Å². The molecule has 178 valence electrons. The molecule has 1 aliphatic rings. The Morgan fingerprint density at radius 3 is 2.21 bits per heavy atom. The van der Waals surface area contributed by atoms with Gasteiger partial charge in [-0.05, 0) is 51.2 Å². The molecule has 1 N–H and O–H groups in total. The Hall–Kier alpha value is -3.02. The van der Waals surface area contributed by atoms with E-state index in [1.165, 1.54) is 0 Å². The minimum Gasteiger partial charge on any atom is -0.507 e. The van der Waals surface area contributed by atoms with Gasteiger partial charge in [-0.3, -0.25) is 14.3 Å². The molecule has 0 radical (unpaired) electrons. The second-order valence-electron chi connectivity index (χ2n) is 8.25. The lowest BCUT2D eigenvalue weighted by Gasteiger charge is -2.16. The highest BCUT2D eigenvalue weighted by Crippen LogP contribution is 2.43. The van der Waals surface area contributed by atoms with Crippen molar-refractivity contribution in [2.45, 2.75) is 87.0 Å². The predicted molar refractivity (Wildman–Crippen MR) is 135 cm³/mol. The third-order valence-electron chi connectivity index (χ3n) is 5.53. The zero-order valence-electron chi connectivity index (χ0n) is 21.5. The zero-order chi connectivity index (χ0) is 24.9. The summed E-state index contributed by atoms with van der Waals surface area (Å²) in [7, 11) is 0. The number of aromatic hydroxyl groups is 1. The van der Waals surface area contributed by atoms with Crippen molar-refractivity contribution in [3.63, 3.8) is 0 Å². The molecule has 0 aromatic carbocycles. The average Bonchev–Trinajstić information content (AvgIpc) is 3.66. The molecular formula is C27H38N4O2. The van der Waals surface area contributed by atoms with Crippen LogP contribution in [0.25, 0.3) is 17.1 Å². The van der Waals surface area contributed by atoms with Crippen LogP contribution in [0.5, 0.6) is 5.75 Å². The van der Waals surface area contributed by atoms with E-state index in [9.17, 15) is 9.90 Å². The summed E-state index contributed by atoms with van der Waals surface area (Å²) in [6.07, 6.45) is 6.02.